The molecule has 5 saturated carbocycles. The Labute approximate surface area is 133 Å². The number of hydrogen-bond donors (Lipinski definition) is 0. The maximum absolute atomic E-state index is 12.8. The lowest BCUT2D eigenvalue weighted by atomic mass is 9.42. The molecule has 0 spiro atoms. The molecular weight excluding hydrogens is 272 g/mol. The van der Waals surface area contributed by atoms with Gasteiger partial charge in [0.05, 0.1) is 0 Å². The number of rotatable bonds is 0. The van der Waals surface area contributed by atoms with E-state index >= 15 is 0 Å². The summed E-state index contributed by atoms with van der Waals surface area (Å²) in [7, 11) is 0. The first-order valence-electron chi connectivity index (χ1n) is 9.81. The molecule has 0 saturated heterocycles. The molecule has 0 aromatic carbocycles. The molecule has 5 aliphatic rings. The highest BCUT2D eigenvalue weighted by Crippen LogP contribution is 2.63. The minimum atomic E-state index is 0.138. The Morgan fingerprint density at radius 1 is 0.591 bits per heavy atom. The number of fused-ring (bicyclic) bond motifs is 2. The van der Waals surface area contributed by atoms with E-state index in [-0.39, 0.29) is 11.8 Å². The van der Waals surface area contributed by atoms with Gasteiger partial charge in [0.25, 0.3) is 0 Å². The predicted molar refractivity (Wildman–Crippen MR) is 84.1 cm³/mol. The van der Waals surface area contributed by atoms with Crippen LogP contribution in [-0.4, -0.2) is 11.6 Å². The monoisotopic (exact) mass is 300 g/mol. The van der Waals surface area contributed by atoms with Crippen LogP contribution in [0.3, 0.4) is 0 Å². The third kappa shape index (κ3) is 1.73. The Balaban J connectivity index is 1.62. The molecule has 5 aliphatic carbocycles. The first-order valence-corrected chi connectivity index (χ1v) is 9.81. The second-order valence-electron chi connectivity index (χ2n) is 8.93. The zero-order valence-corrected chi connectivity index (χ0v) is 13.5. The highest BCUT2D eigenvalue weighted by Gasteiger charge is 2.61. The minimum absolute atomic E-state index is 0.138. The van der Waals surface area contributed by atoms with Crippen LogP contribution in [0.2, 0.25) is 0 Å². The number of carbonyl (C=O) groups excluding carboxylic acids is 2. The molecule has 8 atom stereocenters. The Morgan fingerprint density at radius 3 is 1.50 bits per heavy atom. The second kappa shape index (κ2) is 4.92. The van der Waals surface area contributed by atoms with Crippen molar-refractivity contribution < 1.29 is 9.59 Å². The third-order valence-electron chi connectivity index (χ3n) is 8.33. The molecular formula is C20H28O2. The minimum Gasteiger partial charge on any atom is -0.299 e. The summed E-state index contributed by atoms with van der Waals surface area (Å²) >= 11 is 0. The molecule has 0 N–H and O–H groups in total. The molecule has 0 aliphatic heterocycles. The summed E-state index contributed by atoms with van der Waals surface area (Å²) in [5.74, 6) is 5.47. The van der Waals surface area contributed by atoms with Gasteiger partial charge in [-0.25, -0.2) is 0 Å². The van der Waals surface area contributed by atoms with Crippen molar-refractivity contribution in [2.45, 2.75) is 64.2 Å². The van der Waals surface area contributed by atoms with Gasteiger partial charge in [-0.1, -0.05) is 25.7 Å². The zero-order valence-electron chi connectivity index (χ0n) is 13.5. The van der Waals surface area contributed by atoms with Gasteiger partial charge in [0, 0.05) is 24.7 Å². The predicted octanol–water partition coefficient (Wildman–Crippen LogP) is 4.02. The smallest absolute Gasteiger partial charge is 0.137 e. The van der Waals surface area contributed by atoms with Gasteiger partial charge >= 0.3 is 0 Å². The largest absolute Gasteiger partial charge is 0.299 e. The van der Waals surface area contributed by atoms with Crippen LogP contribution in [0.5, 0.6) is 0 Å². The van der Waals surface area contributed by atoms with Crippen molar-refractivity contribution in [3.63, 3.8) is 0 Å². The van der Waals surface area contributed by atoms with Crippen molar-refractivity contribution in [3.05, 3.63) is 0 Å². The van der Waals surface area contributed by atoms with Crippen LogP contribution in [0.25, 0.3) is 0 Å². The second-order valence-corrected chi connectivity index (χ2v) is 8.93. The van der Waals surface area contributed by atoms with Crippen LogP contribution in [0.1, 0.15) is 64.2 Å². The number of Topliss-reactive ketones (excluding diaryl/α,β-unsaturated/α-hetero) is 2. The van der Waals surface area contributed by atoms with Crippen molar-refractivity contribution in [2.75, 3.05) is 0 Å². The topological polar surface area (TPSA) is 34.1 Å². The molecule has 0 bridgehead atoms. The van der Waals surface area contributed by atoms with Crippen LogP contribution < -0.4 is 0 Å². The van der Waals surface area contributed by atoms with Crippen molar-refractivity contribution in [1.82, 2.24) is 0 Å². The number of hydrogen-bond acceptors (Lipinski definition) is 2. The molecule has 0 aromatic heterocycles. The summed E-state index contributed by atoms with van der Waals surface area (Å²) < 4.78 is 0. The summed E-state index contributed by atoms with van der Waals surface area (Å²) in [6, 6.07) is 0. The first kappa shape index (κ1) is 13.7. The van der Waals surface area contributed by atoms with Crippen LogP contribution >= 0.6 is 0 Å². The fourth-order valence-electron chi connectivity index (χ4n) is 7.79. The number of carbonyl (C=O) groups is 2. The van der Waals surface area contributed by atoms with E-state index in [1.807, 2.05) is 0 Å². The van der Waals surface area contributed by atoms with Gasteiger partial charge in [0.1, 0.15) is 11.6 Å². The molecule has 0 amide bonds. The van der Waals surface area contributed by atoms with Gasteiger partial charge < -0.3 is 0 Å². The van der Waals surface area contributed by atoms with Crippen LogP contribution in [0.4, 0.5) is 0 Å². The molecule has 0 aromatic rings. The lowest BCUT2D eigenvalue weighted by molar-refractivity contribution is -0.169. The highest BCUT2D eigenvalue weighted by molar-refractivity contribution is 5.91. The Kier molecular flexibility index (Phi) is 3.07. The summed E-state index contributed by atoms with van der Waals surface area (Å²) in [4.78, 5) is 25.7. The fourth-order valence-corrected chi connectivity index (χ4v) is 7.79. The summed E-state index contributed by atoms with van der Waals surface area (Å²) in [5.41, 5.74) is 0. The molecule has 0 radical (unpaired) electrons. The lowest BCUT2D eigenvalue weighted by Gasteiger charge is -2.61. The molecule has 2 heteroatoms. The third-order valence-corrected chi connectivity index (χ3v) is 8.33. The molecule has 2 nitrogen and oxygen atoms in total. The van der Waals surface area contributed by atoms with Crippen LogP contribution in [-0.2, 0) is 9.59 Å². The van der Waals surface area contributed by atoms with E-state index in [1.54, 1.807) is 0 Å². The number of ketones is 2. The molecule has 5 fully saturated rings. The molecule has 8 unspecified atom stereocenters. The Morgan fingerprint density at radius 2 is 1.05 bits per heavy atom. The average molecular weight is 300 g/mol. The molecule has 0 heterocycles. The van der Waals surface area contributed by atoms with E-state index in [4.69, 9.17) is 0 Å². The van der Waals surface area contributed by atoms with Gasteiger partial charge in [-0.3, -0.25) is 9.59 Å². The Bertz CT molecular complexity index is 464. The Hall–Kier alpha value is -0.660. The first-order chi connectivity index (χ1) is 10.8. The lowest BCUT2D eigenvalue weighted by Crippen LogP contribution is -2.60. The van der Waals surface area contributed by atoms with Crippen LogP contribution in [0.15, 0.2) is 0 Å². The van der Waals surface area contributed by atoms with Crippen molar-refractivity contribution >= 4 is 11.6 Å². The van der Waals surface area contributed by atoms with E-state index in [0.29, 0.717) is 23.4 Å². The van der Waals surface area contributed by atoms with E-state index < -0.39 is 0 Å². The quantitative estimate of drug-likeness (QED) is 0.677. The van der Waals surface area contributed by atoms with Crippen molar-refractivity contribution in [2.24, 2.45) is 47.3 Å². The van der Waals surface area contributed by atoms with Gasteiger partial charge in [0.15, 0.2) is 0 Å². The van der Waals surface area contributed by atoms with E-state index in [0.717, 1.165) is 49.4 Å². The maximum Gasteiger partial charge on any atom is 0.137 e. The van der Waals surface area contributed by atoms with E-state index in [1.165, 1.54) is 38.5 Å². The summed E-state index contributed by atoms with van der Waals surface area (Å²) in [6.07, 6.45) is 11.9. The molecule has 120 valence electrons. The summed E-state index contributed by atoms with van der Waals surface area (Å²) in [6.45, 7) is 0. The van der Waals surface area contributed by atoms with Gasteiger partial charge in [-0.2, -0.15) is 0 Å². The van der Waals surface area contributed by atoms with Gasteiger partial charge in [0.2, 0.25) is 0 Å². The maximum atomic E-state index is 12.8. The van der Waals surface area contributed by atoms with Crippen molar-refractivity contribution in [1.29, 1.82) is 0 Å². The average Bonchev–Trinajstić information content (AvgIpc) is 2.55. The van der Waals surface area contributed by atoms with E-state index in [9.17, 15) is 9.59 Å². The SMILES string of the molecule is O=C1CCC2CCCC3C4CCCC5CCC(=O)C(C1C23)C54. The normalized spacial score (nSPS) is 53.6. The van der Waals surface area contributed by atoms with Gasteiger partial charge in [-0.15, -0.1) is 0 Å². The van der Waals surface area contributed by atoms with Crippen molar-refractivity contribution in [3.8, 4) is 0 Å². The molecule has 5 rings (SSSR count). The summed E-state index contributed by atoms with van der Waals surface area (Å²) in [5, 5.41) is 0. The van der Waals surface area contributed by atoms with Gasteiger partial charge in [-0.05, 0) is 61.2 Å². The molecule has 22 heavy (non-hydrogen) atoms. The highest BCUT2D eigenvalue weighted by atomic mass is 16.1. The van der Waals surface area contributed by atoms with E-state index in [2.05, 4.69) is 0 Å². The fraction of sp³-hybridized carbons (Fsp3) is 0.900. The van der Waals surface area contributed by atoms with Crippen LogP contribution in [0, 0.1) is 47.3 Å². The standard InChI is InChI=1S/C20H28O2/c21-15-9-7-11-3-1-5-13-14-6-2-4-12-8-10-16(22)20(18(12)14)19(15)17(11)13/h11-14,17-20H,1-10H2. The zero-order chi connectivity index (χ0) is 14.8.